The van der Waals surface area contributed by atoms with Crippen molar-refractivity contribution in [3.05, 3.63) is 36.0 Å². The van der Waals surface area contributed by atoms with Crippen molar-refractivity contribution in [3.63, 3.8) is 0 Å². The summed E-state index contributed by atoms with van der Waals surface area (Å²) in [6.07, 6.45) is 14.6. The molecule has 0 heterocycles. The van der Waals surface area contributed by atoms with E-state index >= 15 is 0 Å². The van der Waals surface area contributed by atoms with Crippen LogP contribution in [0.2, 0.25) is 0 Å². The van der Waals surface area contributed by atoms with Crippen LogP contribution in [0.1, 0.15) is 102 Å². The third kappa shape index (κ3) is 14.7. The molecule has 1 fully saturated rings. The number of rotatable bonds is 7. The monoisotopic (exact) mass is 411 g/mol. The molecule has 2 heteroatoms. The van der Waals surface area contributed by atoms with Crippen LogP contribution >= 0.6 is 0 Å². The molecule has 0 aliphatic heterocycles. The molecule has 1 saturated carbocycles. The molecule has 0 bridgehead atoms. The fourth-order valence-electron chi connectivity index (χ4n) is 3.57. The summed E-state index contributed by atoms with van der Waals surface area (Å²) in [5.41, 5.74) is 1.71. The van der Waals surface area contributed by atoms with Crippen LogP contribution in [0.25, 0.3) is 0 Å². The van der Waals surface area contributed by atoms with Crippen molar-refractivity contribution < 1.29 is 4.74 Å². The van der Waals surface area contributed by atoms with Gasteiger partial charge in [-0.3, -0.25) is 4.90 Å². The van der Waals surface area contributed by atoms with E-state index in [-0.39, 0.29) is 5.54 Å². The van der Waals surface area contributed by atoms with Gasteiger partial charge in [-0.2, -0.15) is 0 Å². The maximum absolute atomic E-state index is 5.30. The second-order valence-corrected chi connectivity index (χ2v) is 6.36. The lowest BCUT2D eigenvalue weighted by Gasteiger charge is -2.42. The molecule has 0 spiro atoms. The lowest BCUT2D eigenvalue weighted by atomic mass is 9.84. The Morgan fingerprint density at radius 3 is 1.76 bits per heavy atom. The highest BCUT2D eigenvalue weighted by Crippen LogP contribution is 2.44. The average Bonchev–Trinajstić information content (AvgIpc) is 3.19. The van der Waals surface area contributed by atoms with Gasteiger partial charge in [0, 0.05) is 19.2 Å². The average molecular weight is 412 g/mol. The molecular weight excluding hydrogens is 354 g/mol. The molecule has 29 heavy (non-hydrogen) atoms. The van der Waals surface area contributed by atoms with Gasteiger partial charge in [0.1, 0.15) is 0 Å². The quantitative estimate of drug-likeness (QED) is 0.307. The van der Waals surface area contributed by atoms with E-state index in [9.17, 15) is 0 Å². The topological polar surface area (TPSA) is 12.5 Å². The molecule has 0 saturated heterocycles. The molecule has 0 amide bonds. The number of hydrogen-bond acceptors (Lipinski definition) is 2. The predicted octanol–water partition coefficient (Wildman–Crippen LogP) is 8.70. The Bertz CT molecular complexity index is 380. The Kier molecular flexibility index (Phi) is 33.3. The Morgan fingerprint density at radius 2 is 1.48 bits per heavy atom. The summed E-state index contributed by atoms with van der Waals surface area (Å²) in [6.45, 7) is 27.9. The van der Waals surface area contributed by atoms with Gasteiger partial charge in [0.05, 0.1) is 6.61 Å². The number of likely N-dealkylation sites (N-methyl/N-ethyl adjacent to an activating group) is 1. The van der Waals surface area contributed by atoms with Crippen LogP contribution in [0.3, 0.4) is 0 Å². The van der Waals surface area contributed by atoms with Crippen LogP contribution in [-0.2, 0) is 4.74 Å². The van der Waals surface area contributed by atoms with Crippen molar-refractivity contribution >= 4 is 0 Å². The van der Waals surface area contributed by atoms with Crippen molar-refractivity contribution in [1.29, 1.82) is 0 Å². The van der Waals surface area contributed by atoms with Gasteiger partial charge in [0.2, 0.25) is 0 Å². The maximum atomic E-state index is 5.30. The third-order valence-electron chi connectivity index (χ3n) is 4.82. The van der Waals surface area contributed by atoms with E-state index in [1.54, 1.807) is 7.11 Å². The Hall–Kier alpha value is -0.860. The van der Waals surface area contributed by atoms with Gasteiger partial charge in [-0.1, -0.05) is 85.8 Å². The first-order valence-corrected chi connectivity index (χ1v) is 12.2. The van der Waals surface area contributed by atoms with Crippen LogP contribution in [0.15, 0.2) is 36.0 Å². The molecule has 0 aromatic carbocycles. The molecule has 0 aromatic heterocycles. The van der Waals surface area contributed by atoms with Crippen LogP contribution < -0.4 is 0 Å². The minimum absolute atomic E-state index is 0.230. The predicted molar refractivity (Wildman–Crippen MR) is 138 cm³/mol. The van der Waals surface area contributed by atoms with Crippen molar-refractivity contribution in [2.45, 2.75) is 108 Å². The van der Waals surface area contributed by atoms with E-state index in [1.165, 1.54) is 24.8 Å². The molecule has 2 atom stereocenters. The van der Waals surface area contributed by atoms with Gasteiger partial charge in [-0.25, -0.2) is 0 Å². The number of ether oxygens (including phenoxy) is 1. The Morgan fingerprint density at radius 1 is 0.966 bits per heavy atom. The van der Waals surface area contributed by atoms with Gasteiger partial charge < -0.3 is 4.74 Å². The fraction of sp³-hybridized carbons (Fsp3) is 0.778. The summed E-state index contributed by atoms with van der Waals surface area (Å²) >= 11 is 0. The first kappa shape index (κ1) is 35.6. The minimum Gasteiger partial charge on any atom is -0.383 e. The van der Waals surface area contributed by atoms with E-state index in [4.69, 9.17) is 4.74 Å². The first-order chi connectivity index (χ1) is 14.1. The summed E-state index contributed by atoms with van der Waals surface area (Å²) in [5, 5.41) is 0. The summed E-state index contributed by atoms with van der Waals surface area (Å²) in [5.74, 6) is 0.816. The van der Waals surface area contributed by atoms with Gasteiger partial charge in [0.15, 0.2) is 0 Å². The van der Waals surface area contributed by atoms with E-state index < -0.39 is 0 Å². The van der Waals surface area contributed by atoms with Crippen molar-refractivity contribution in [2.24, 2.45) is 5.92 Å². The summed E-state index contributed by atoms with van der Waals surface area (Å²) in [4.78, 5) is 2.62. The molecular formula is C27H57NO. The molecule has 1 rings (SSSR count). The Balaban J connectivity index is -0.000000266. The number of methoxy groups -OCH3 is 1. The zero-order valence-corrected chi connectivity index (χ0v) is 22.6. The van der Waals surface area contributed by atoms with E-state index in [0.717, 1.165) is 25.6 Å². The summed E-state index contributed by atoms with van der Waals surface area (Å²) < 4.78 is 5.30. The lowest BCUT2D eigenvalue weighted by molar-refractivity contribution is 0.0844. The number of hydrogen-bond donors (Lipinski definition) is 0. The fourth-order valence-corrected chi connectivity index (χ4v) is 3.57. The first-order valence-electron chi connectivity index (χ1n) is 12.2. The van der Waals surface area contributed by atoms with E-state index in [1.807, 2.05) is 67.5 Å². The molecule has 0 radical (unpaired) electrons. The van der Waals surface area contributed by atoms with Gasteiger partial charge in [-0.05, 0) is 65.0 Å². The highest BCUT2D eigenvalue weighted by atomic mass is 16.5. The molecule has 1 aliphatic rings. The highest BCUT2D eigenvalue weighted by Gasteiger charge is 2.43. The summed E-state index contributed by atoms with van der Waals surface area (Å²) in [6, 6.07) is 0. The highest BCUT2D eigenvalue weighted by molar-refractivity contribution is 5.32. The lowest BCUT2D eigenvalue weighted by Crippen LogP contribution is -2.49. The molecule has 0 N–H and O–H groups in total. The van der Waals surface area contributed by atoms with E-state index in [2.05, 4.69) is 50.8 Å². The van der Waals surface area contributed by atoms with Gasteiger partial charge >= 0.3 is 0 Å². The van der Waals surface area contributed by atoms with Crippen LogP contribution in [0.4, 0.5) is 0 Å². The van der Waals surface area contributed by atoms with Crippen molar-refractivity contribution in [3.8, 4) is 0 Å². The van der Waals surface area contributed by atoms with Crippen LogP contribution in [0.5, 0.6) is 0 Å². The van der Waals surface area contributed by atoms with Crippen molar-refractivity contribution in [1.82, 2.24) is 4.90 Å². The molecule has 0 aromatic rings. The number of nitrogens with zero attached hydrogens (tertiary/aromatic N) is 1. The smallest absolute Gasteiger partial charge is 0.0589 e. The SMILES string of the molecule is C/C=C\C.C/C=C\C(=C/C)C1(N(CC)CCOC)CCC(C)C1.CC.CC.CC. The molecule has 176 valence electrons. The zero-order valence-electron chi connectivity index (χ0n) is 22.6. The largest absolute Gasteiger partial charge is 0.383 e. The maximum Gasteiger partial charge on any atom is 0.0589 e. The summed E-state index contributed by atoms with van der Waals surface area (Å²) in [7, 11) is 1.79. The second-order valence-electron chi connectivity index (χ2n) is 6.36. The third-order valence-corrected chi connectivity index (χ3v) is 4.82. The van der Waals surface area contributed by atoms with Crippen LogP contribution in [-0.4, -0.2) is 37.2 Å². The molecule has 2 nitrogen and oxygen atoms in total. The zero-order chi connectivity index (χ0) is 23.7. The minimum atomic E-state index is 0.230. The standard InChI is InChI=1S/C17H31NO.C4H8.3C2H6/c1-6-9-16(7-2)17(11-10-15(4)14-17)18(8-3)12-13-19-5;1-3-4-2;3*1-2/h6-7,9,15H,8,10-14H2,1-5H3;3-4H,1-2H3;3*1-2H3/b9-6-,16-7+;4-3-;;;. The number of allylic oxidation sites excluding steroid dienone is 4. The second kappa shape index (κ2) is 27.1. The van der Waals surface area contributed by atoms with Gasteiger partial charge in [-0.15, -0.1) is 0 Å². The van der Waals surface area contributed by atoms with Crippen LogP contribution in [0, 0.1) is 5.92 Å². The Labute approximate surface area is 186 Å². The van der Waals surface area contributed by atoms with Crippen molar-refractivity contribution in [2.75, 3.05) is 26.8 Å². The normalized spacial score (nSPS) is 20.8. The van der Waals surface area contributed by atoms with E-state index in [0.29, 0.717) is 0 Å². The molecule has 1 aliphatic carbocycles. The molecule has 2 unspecified atom stereocenters. The van der Waals surface area contributed by atoms with Gasteiger partial charge in [0.25, 0.3) is 0 Å².